The summed E-state index contributed by atoms with van der Waals surface area (Å²) in [6.45, 7) is 3.83. The Kier molecular flexibility index (Phi) is 8.44. The maximum atomic E-state index is 12.1. The van der Waals surface area contributed by atoms with Crippen LogP contribution in [0, 0.1) is 6.92 Å². The van der Waals surface area contributed by atoms with E-state index in [0.29, 0.717) is 5.75 Å². The van der Waals surface area contributed by atoms with Crippen molar-refractivity contribution >= 4 is 41.7 Å². The van der Waals surface area contributed by atoms with Gasteiger partial charge in [-0.1, -0.05) is 17.7 Å². The Balaban J connectivity index is 0.00000264. The van der Waals surface area contributed by atoms with Crippen molar-refractivity contribution in [1.82, 2.24) is 10.2 Å². The van der Waals surface area contributed by atoms with E-state index in [2.05, 4.69) is 10.6 Å². The van der Waals surface area contributed by atoms with E-state index in [-0.39, 0.29) is 36.0 Å². The SMILES string of the molecule is Cc1ccc(NC(=O)CSCC(=O)N(C)C2CCNC2)cc1.Cl. The highest BCUT2D eigenvalue weighted by molar-refractivity contribution is 8.00. The minimum absolute atomic E-state index is 0. The first-order valence-corrected chi connectivity index (χ1v) is 8.62. The number of amides is 2. The van der Waals surface area contributed by atoms with Crippen molar-refractivity contribution in [3.8, 4) is 0 Å². The second kappa shape index (κ2) is 9.80. The molecule has 1 saturated heterocycles. The van der Waals surface area contributed by atoms with Gasteiger partial charge in [-0.15, -0.1) is 24.2 Å². The Morgan fingerprint density at radius 2 is 2.00 bits per heavy atom. The summed E-state index contributed by atoms with van der Waals surface area (Å²) in [5.41, 5.74) is 1.94. The molecule has 2 amide bonds. The van der Waals surface area contributed by atoms with Crippen molar-refractivity contribution < 1.29 is 9.59 Å². The molecule has 1 aromatic carbocycles. The summed E-state index contributed by atoms with van der Waals surface area (Å²) in [6.07, 6.45) is 1.00. The number of likely N-dealkylation sites (N-methyl/N-ethyl adjacent to an activating group) is 1. The first-order chi connectivity index (χ1) is 10.6. The van der Waals surface area contributed by atoms with Gasteiger partial charge in [0.15, 0.2) is 0 Å². The van der Waals surface area contributed by atoms with Crippen LogP contribution in [-0.2, 0) is 9.59 Å². The Morgan fingerprint density at radius 1 is 1.30 bits per heavy atom. The lowest BCUT2D eigenvalue weighted by molar-refractivity contribution is -0.128. The molecule has 1 aliphatic heterocycles. The zero-order valence-electron chi connectivity index (χ0n) is 13.5. The van der Waals surface area contributed by atoms with Crippen molar-refractivity contribution in [3.05, 3.63) is 29.8 Å². The van der Waals surface area contributed by atoms with E-state index in [0.717, 1.165) is 30.8 Å². The normalized spacial score (nSPS) is 16.5. The van der Waals surface area contributed by atoms with Crippen LogP contribution in [0.25, 0.3) is 0 Å². The van der Waals surface area contributed by atoms with Crippen molar-refractivity contribution in [2.45, 2.75) is 19.4 Å². The molecule has 1 aromatic rings. The van der Waals surface area contributed by atoms with Gasteiger partial charge in [-0.05, 0) is 32.0 Å². The molecule has 2 rings (SSSR count). The van der Waals surface area contributed by atoms with Crippen molar-refractivity contribution in [2.24, 2.45) is 0 Å². The van der Waals surface area contributed by atoms with Crippen molar-refractivity contribution in [1.29, 1.82) is 0 Å². The second-order valence-corrected chi connectivity index (χ2v) is 6.54. The number of nitrogens with one attached hydrogen (secondary N) is 2. The summed E-state index contributed by atoms with van der Waals surface area (Å²) >= 11 is 1.36. The van der Waals surface area contributed by atoms with E-state index < -0.39 is 0 Å². The molecule has 128 valence electrons. The number of aryl methyl sites for hydroxylation is 1. The number of hydrogen-bond acceptors (Lipinski definition) is 4. The minimum atomic E-state index is -0.0770. The molecule has 0 saturated carbocycles. The zero-order valence-corrected chi connectivity index (χ0v) is 15.1. The third kappa shape index (κ3) is 6.41. The predicted octanol–water partition coefficient (Wildman–Crippen LogP) is 1.91. The highest BCUT2D eigenvalue weighted by Gasteiger charge is 2.22. The Morgan fingerprint density at radius 3 is 2.61 bits per heavy atom. The van der Waals surface area contributed by atoms with E-state index in [9.17, 15) is 9.59 Å². The fourth-order valence-electron chi connectivity index (χ4n) is 2.34. The second-order valence-electron chi connectivity index (χ2n) is 5.56. The molecule has 0 aromatic heterocycles. The van der Waals surface area contributed by atoms with Crippen molar-refractivity contribution in [2.75, 3.05) is 37.0 Å². The lowest BCUT2D eigenvalue weighted by Crippen LogP contribution is -2.39. The van der Waals surface area contributed by atoms with E-state index in [1.165, 1.54) is 11.8 Å². The van der Waals surface area contributed by atoms with Crippen molar-refractivity contribution in [3.63, 3.8) is 0 Å². The quantitative estimate of drug-likeness (QED) is 0.816. The summed E-state index contributed by atoms with van der Waals surface area (Å²) in [5, 5.41) is 6.08. The molecule has 1 unspecified atom stereocenters. The lowest BCUT2D eigenvalue weighted by atomic mass is 10.2. The van der Waals surface area contributed by atoms with Gasteiger partial charge in [-0.3, -0.25) is 9.59 Å². The number of thioether (sulfide) groups is 1. The molecule has 1 atom stereocenters. The number of carbonyl (C=O) groups is 2. The molecule has 1 fully saturated rings. The minimum Gasteiger partial charge on any atom is -0.341 e. The van der Waals surface area contributed by atoms with E-state index >= 15 is 0 Å². The van der Waals surface area contributed by atoms with Crippen LogP contribution in [0.3, 0.4) is 0 Å². The maximum absolute atomic E-state index is 12.1. The van der Waals surface area contributed by atoms with E-state index in [1.807, 2.05) is 38.2 Å². The van der Waals surface area contributed by atoms with Crippen LogP contribution < -0.4 is 10.6 Å². The molecule has 2 N–H and O–H groups in total. The molecular formula is C16H24ClN3O2S. The van der Waals surface area contributed by atoms with Crippen LogP contribution in [0.4, 0.5) is 5.69 Å². The fraction of sp³-hybridized carbons (Fsp3) is 0.500. The fourth-order valence-corrected chi connectivity index (χ4v) is 3.08. The van der Waals surface area contributed by atoms with Crippen LogP contribution in [0.1, 0.15) is 12.0 Å². The Labute approximate surface area is 148 Å². The standard InChI is InChI=1S/C16H23N3O2S.ClH/c1-12-3-5-13(6-4-12)18-15(20)10-22-11-16(21)19(2)14-7-8-17-9-14;/h3-6,14,17H,7-11H2,1-2H3,(H,18,20);1H. The topological polar surface area (TPSA) is 61.4 Å². The predicted molar refractivity (Wildman–Crippen MR) is 98.4 cm³/mol. The summed E-state index contributed by atoms with van der Waals surface area (Å²) in [6, 6.07) is 7.95. The summed E-state index contributed by atoms with van der Waals surface area (Å²) in [7, 11) is 1.84. The number of anilines is 1. The summed E-state index contributed by atoms with van der Waals surface area (Å²) in [4.78, 5) is 25.7. The van der Waals surface area contributed by atoms with Gasteiger partial charge in [0, 0.05) is 25.3 Å². The molecule has 5 nitrogen and oxygen atoms in total. The zero-order chi connectivity index (χ0) is 15.9. The monoisotopic (exact) mass is 357 g/mol. The van der Waals surface area contributed by atoms with E-state index in [1.54, 1.807) is 4.90 Å². The Hall–Kier alpha value is -1.24. The first-order valence-electron chi connectivity index (χ1n) is 7.47. The molecular weight excluding hydrogens is 334 g/mol. The molecule has 0 spiro atoms. The molecule has 0 bridgehead atoms. The van der Waals surface area contributed by atoms with Gasteiger partial charge in [0.05, 0.1) is 11.5 Å². The number of benzene rings is 1. The van der Waals surface area contributed by atoms with Gasteiger partial charge in [0.2, 0.25) is 11.8 Å². The third-order valence-electron chi connectivity index (χ3n) is 3.77. The average Bonchev–Trinajstić information content (AvgIpc) is 3.03. The van der Waals surface area contributed by atoms with Gasteiger partial charge in [0.1, 0.15) is 0 Å². The molecule has 1 heterocycles. The van der Waals surface area contributed by atoms with Gasteiger partial charge in [-0.25, -0.2) is 0 Å². The molecule has 0 aliphatic carbocycles. The van der Waals surface area contributed by atoms with Crippen LogP contribution >= 0.6 is 24.2 Å². The number of carbonyl (C=O) groups excluding carboxylic acids is 2. The summed E-state index contributed by atoms with van der Waals surface area (Å²) < 4.78 is 0. The number of hydrogen-bond donors (Lipinski definition) is 2. The van der Waals surface area contributed by atoms with Crippen LogP contribution in [-0.4, -0.2) is 54.4 Å². The van der Waals surface area contributed by atoms with Crippen LogP contribution in [0.5, 0.6) is 0 Å². The summed E-state index contributed by atoms with van der Waals surface area (Å²) in [5.74, 6) is 0.638. The molecule has 0 radical (unpaired) electrons. The van der Waals surface area contributed by atoms with Crippen LogP contribution in [0.2, 0.25) is 0 Å². The average molecular weight is 358 g/mol. The van der Waals surface area contributed by atoms with Gasteiger partial charge in [-0.2, -0.15) is 0 Å². The largest absolute Gasteiger partial charge is 0.341 e. The van der Waals surface area contributed by atoms with Gasteiger partial charge >= 0.3 is 0 Å². The number of rotatable bonds is 6. The van der Waals surface area contributed by atoms with Crippen LogP contribution in [0.15, 0.2) is 24.3 Å². The van der Waals surface area contributed by atoms with Gasteiger partial charge < -0.3 is 15.5 Å². The number of halogens is 1. The number of nitrogens with zero attached hydrogens (tertiary/aromatic N) is 1. The van der Waals surface area contributed by atoms with E-state index in [4.69, 9.17) is 0 Å². The Bertz CT molecular complexity index is 519. The first kappa shape index (κ1) is 19.8. The maximum Gasteiger partial charge on any atom is 0.234 e. The third-order valence-corrected chi connectivity index (χ3v) is 4.69. The lowest BCUT2D eigenvalue weighted by Gasteiger charge is -2.23. The highest BCUT2D eigenvalue weighted by Crippen LogP contribution is 2.11. The molecule has 7 heteroatoms. The molecule has 23 heavy (non-hydrogen) atoms. The highest BCUT2D eigenvalue weighted by atomic mass is 35.5. The smallest absolute Gasteiger partial charge is 0.234 e. The van der Waals surface area contributed by atoms with Gasteiger partial charge in [0.25, 0.3) is 0 Å². The molecule has 1 aliphatic rings.